The highest BCUT2D eigenvalue weighted by Crippen LogP contribution is 2.43. The Morgan fingerprint density at radius 2 is 1.22 bits per heavy atom. The molecule has 0 unspecified atom stereocenters. The van der Waals surface area contributed by atoms with Crippen LogP contribution in [0, 0.1) is 5.92 Å². The van der Waals surface area contributed by atoms with Crippen LogP contribution in [0.4, 0.5) is 0 Å². The van der Waals surface area contributed by atoms with Gasteiger partial charge >= 0.3 is 11.9 Å². The third-order valence-corrected chi connectivity index (χ3v) is 5.84. The van der Waals surface area contributed by atoms with Gasteiger partial charge in [-0.15, -0.1) is 0 Å². The number of hydrogen-bond donors (Lipinski definition) is 2. The number of carboxylic acids is 2. The standard InChI is InChI=1S/C28H30O4/c1-5-18-16-19(6-2)25(20-11-7-9-13-22(20)27(29)30)26(24(18)15-17(3)4)21-12-8-10-14-23(21)28(31)32/h7-14,16-17H,5-6,15H2,1-4H3,(H,29,30)(H,31,32). The quantitative estimate of drug-likeness (QED) is 0.415. The summed E-state index contributed by atoms with van der Waals surface area (Å²) in [5.74, 6) is -1.63. The lowest BCUT2D eigenvalue weighted by molar-refractivity contribution is 0.0686. The Bertz CT molecular complexity index is 1160. The molecular formula is C28H30O4. The zero-order chi connectivity index (χ0) is 23.4. The van der Waals surface area contributed by atoms with Crippen LogP contribution in [0.25, 0.3) is 22.3 Å². The third kappa shape index (κ3) is 4.45. The fraction of sp³-hybridized carbons (Fsp3) is 0.286. The summed E-state index contributed by atoms with van der Waals surface area (Å²) in [4.78, 5) is 24.3. The first-order chi connectivity index (χ1) is 15.3. The molecule has 0 heterocycles. The van der Waals surface area contributed by atoms with Crippen molar-refractivity contribution in [3.8, 4) is 22.3 Å². The van der Waals surface area contributed by atoms with Gasteiger partial charge in [0.05, 0.1) is 11.1 Å². The van der Waals surface area contributed by atoms with Crippen molar-refractivity contribution < 1.29 is 19.8 Å². The van der Waals surface area contributed by atoms with Crippen LogP contribution in [0.3, 0.4) is 0 Å². The Morgan fingerprint density at radius 3 is 1.66 bits per heavy atom. The van der Waals surface area contributed by atoms with E-state index >= 15 is 0 Å². The van der Waals surface area contributed by atoms with Crippen LogP contribution < -0.4 is 0 Å². The van der Waals surface area contributed by atoms with Crippen molar-refractivity contribution in [1.29, 1.82) is 0 Å². The van der Waals surface area contributed by atoms with E-state index in [-0.39, 0.29) is 11.1 Å². The minimum Gasteiger partial charge on any atom is -0.478 e. The van der Waals surface area contributed by atoms with Crippen LogP contribution in [-0.4, -0.2) is 22.2 Å². The van der Waals surface area contributed by atoms with Crippen LogP contribution in [-0.2, 0) is 19.3 Å². The molecule has 0 saturated carbocycles. The Morgan fingerprint density at radius 1 is 0.750 bits per heavy atom. The molecule has 3 aromatic rings. The molecule has 0 aromatic heterocycles. The average Bonchev–Trinajstić information content (AvgIpc) is 2.78. The number of aromatic carboxylic acids is 2. The monoisotopic (exact) mass is 430 g/mol. The first-order valence-corrected chi connectivity index (χ1v) is 11.1. The summed E-state index contributed by atoms with van der Waals surface area (Å²) in [6.07, 6.45) is 2.30. The summed E-state index contributed by atoms with van der Waals surface area (Å²) < 4.78 is 0. The normalized spacial score (nSPS) is 11.0. The first-order valence-electron chi connectivity index (χ1n) is 11.1. The molecule has 0 bridgehead atoms. The zero-order valence-corrected chi connectivity index (χ0v) is 19.1. The fourth-order valence-corrected chi connectivity index (χ4v) is 4.46. The zero-order valence-electron chi connectivity index (χ0n) is 19.1. The topological polar surface area (TPSA) is 74.6 Å². The molecule has 0 aliphatic rings. The Balaban J connectivity index is 2.58. The Labute approximate surface area is 189 Å². The van der Waals surface area contributed by atoms with Crippen LogP contribution in [0.2, 0.25) is 0 Å². The number of hydrogen-bond acceptors (Lipinski definition) is 2. The van der Waals surface area contributed by atoms with Crippen molar-refractivity contribution >= 4 is 11.9 Å². The lowest BCUT2D eigenvalue weighted by Crippen LogP contribution is -2.10. The van der Waals surface area contributed by atoms with Gasteiger partial charge in [0.25, 0.3) is 0 Å². The van der Waals surface area contributed by atoms with Crippen molar-refractivity contribution in [3.63, 3.8) is 0 Å². The first kappa shape index (κ1) is 23.3. The summed E-state index contributed by atoms with van der Waals surface area (Å²) in [5.41, 5.74) is 6.69. The van der Waals surface area contributed by atoms with Gasteiger partial charge in [-0.2, -0.15) is 0 Å². The highest BCUT2D eigenvalue weighted by Gasteiger charge is 2.25. The van der Waals surface area contributed by atoms with E-state index in [1.54, 1.807) is 24.3 Å². The van der Waals surface area contributed by atoms with Gasteiger partial charge in [0.15, 0.2) is 0 Å². The van der Waals surface area contributed by atoms with Crippen molar-refractivity contribution in [3.05, 3.63) is 82.4 Å². The molecule has 0 amide bonds. The summed E-state index contributed by atoms with van der Waals surface area (Å²) in [6, 6.07) is 16.2. The summed E-state index contributed by atoms with van der Waals surface area (Å²) in [6.45, 7) is 8.45. The van der Waals surface area contributed by atoms with Crippen molar-refractivity contribution in [2.75, 3.05) is 0 Å². The molecule has 3 aromatic carbocycles. The maximum Gasteiger partial charge on any atom is 0.336 e. The van der Waals surface area contributed by atoms with E-state index in [9.17, 15) is 19.8 Å². The maximum absolute atomic E-state index is 12.2. The molecule has 0 atom stereocenters. The molecule has 0 aliphatic heterocycles. The smallest absolute Gasteiger partial charge is 0.336 e. The molecule has 3 rings (SSSR count). The van der Waals surface area contributed by atoms with E-state index in [2.05, 4.69) is 33.8 Å². The molecule has 4 heteroatoms. The van der Waals surface area contributed by atoms with Gasteiger partial charge in [-0.1, -0.05) is 70.2 Å². The van der Waals surface area contributed by atoms with Gasteiger partial charge in [0, 0.05) is 0 Å². The van der Waals surface area contributed by atoms with E-state index in [1.807, 2.05) is 24.3 Å². The second kappa shape index (κ2) is 9.82. The molecule has 0 spiro atoms. The van der Waals surface area contributed by atoms with Crippen molar-refractivity contribution in [2.45, 2.75) is 47.0 Å². The van der Waals surface area contributed by atoms with Crippen molar-refractivity contribution in [1.82, 2.24) is 0 Å². The largest absolute Gasteiger partial charge is 0.478 e. The van der Waals surface area contributed by atoms with Crippen LogP contribution in [0.5, 0.6) is 0 Å². The number of aryl methyl sites for hydroxylation is 2. The highest BCUT2D eigenvalue weighted by molar-refractivity contribution is 6.04. The Kier molecular flexibility index (Phi) is 7.14. The van der Waals surface area contributed by atoms with Gasteiger partial charge in [-0.05, 0) is 76.3 Å². The van der Waals surface area contributed by atoms with Gasteiger partial charge in [-0.3, -0.25) is 0 Å². The van der Waals surface area contributed by atoms with E-state index in [1.165, 1.54) is 5.56 Å². The van der Waals surface area contributed by atoms with E-state index in [0.717, 1.165) is 35.1 Å². The average molecular weight is 431 g/mol. The van der Waals surface area contributed by atoms with Crippen LogP contribution in [0.1, 0.15) is 65.1 Å². The lowest BCUT2D eigenvalue weighted by atomic mass is 9.78. The highest BCUT2D eigenvalue weighted by atomic mass is 16.4. The van der Waals surface area contributed by atoms with E-state index < -0.39 is 11.9 Å². The Hall–Kier alpha value is -3.40. The lowest BCUT2D eigenvalue weighted by Gasteiger charge is -2.25. The molecule has 4 nitrogen and oxygen atoms in total. The minimum atomic E-state index is -0.995. The number of carbonyl (C=O) groups is 2. The predicted molar refractivity (Wildman–Crippen MR) is 129 cm³/mol. The minimum absolute atomic E-state index is 0.219. The second-order valence-electron chi connectivity index (χ2n) is 8.43. The van der Waals surface area contributed by atoms with Gasteiger partial charge in [0.1, 0.15) is 0 Å². The van der Waals surface area contributed by atoms with Gasteiger partial charge in [0.2, 0.25) is 0 Å². The molecule has 0 fully saturated rings. The molecule has 32 heavy (non-hydrogen) atoms. The summed E-state index contributed by atoms with van der Waals surface area (Å²) in [5, 5.41) is 19.9. The number of benzene rings is 3. The van der Waals surface area contributed by atoms with Crippen LogP contribution in [0.15, 0.2) is 54.6 Å². The van der Waals surface area contributed by atoms with Gasteiger partial charge in [-0.25, -0.2) is 9.59 Å². The molecule has 0 aliphatic carbocycles. The molecule has 0 saturated heterocycles. The van der Waals surface area contributed by atoms with Crippen LogP contribution >= 0.6 is 0 Å². The molecule has 166 valence electrons. The van der Waals surface area contributed by atoms with E-state index in [0.29, 0.717) is 23.5 Å². The summed E-state index contributed by atoms with van der Waals surface area (Å²) in [7, 11) is 0. The predicted octanol–water partition coefficient (Wildman–Crippen LogP) is 6.74. The summed E-state index contributed by atoms with van der Waals surface area (Å²) >= 11 is 0. The number of rotatable bonds is 8. The molecular weight excluding hydrogens is 400 g/mol. The SMILES string of the molecule is CCc1cc(CC)c(-c2ccccc2C(=O)O)c(-c2ccccc2C(=O)O)c1CC(C)C. The third-order valence-electron chi connectivity index (χ3n) is 5.84. The maximum atomic E-state index is 12.2. The second-order valence-corrected chi connectivity index (χ2v) is 8.43. The number of carboxylic acid groups (broad SMARTS) is 2. The van der Waals surface area contributed by atoms with E-state index in [4.69, 9.17) is 0 Å². The fourth-order valence-electron chi connectivity index (χ4n) is 4.46. The van der Waals surface area contributed by atoms with Crippen molar-refractivity contribution in [2.24, 2.45) is 5.92 Å². The molecule has 0 radical (unpaired) electrons. The van der Waals surface area contributed by atoms with Gasteiger partial charge < -0.3 is 10.2 Å². The molecule has 2 N–H and O–H groups in total.